The van der Waals surface area contributed by atoms with Gasteiger partial charge in [-0.25, -0.2) is 0 Å². The molecular formula is C17H26Cl2N2O. The summed E-state index contributed by atoms with van der Waals surface area (Å²) in [4.78, 5) is 14.8. The molecule has 1 fully saturated rings. The Morgan fingerprint density at radius 3 is 2.82 bits per heavy atom. The van der Waals surface area contributed by atoms with Gasteiger partial charge in [0, 0.05) is 29.6 Å². The Hall–Kier alpha value is -0.770. The van der Waals surface area contributed by atoms with Crippen LogP contribution in [0.5, 0.6) is 0 Å². The van der Waals surface area contributed by atoms with E-state index < -0.39 is 5.41 Å². The molecule has 1 amide bonds. The molecule has 124 valence electrons. The maximum absolute atomic E-state index is 12.8. The Kier molecular flexibility index (Phi) is 7.17. The first-order chi connectivity index (χ1) is 9.92. The Bertz CT molecular complexity index is 505. The van der Waals surface area contributed by atoms with E-state index in [4.69, 9.17) is 11.6 Å². The van der Waals surface area contributed by atoms with E-state index in [0.29, 0.717) is 12.5 Å². The molecule has 1 aromatic carbocycles. The van der Waals surface area contributed by atoms with Crippen molar-refractivity contribution in [2.75, 3.05) is 20.1 Å². The summed E-state index contributed by atoms with van der Waals surface area (Å²) in [5.41, 5.74) is 0.711. The zero-order valence-corrected chi connectivity index (χ0v) is 15.1. The molecule has 1 aromatic rings. The van der Waals surface area contributed by atoms with Crippen molar-refractivity contribution in [3.63, 3.8) is 0 Å². The van der Waals surface area contributed by atoms with Crippen molar-refractivity contribution in [3.8, 4) is 0 Å². The Morgan fingerprint density at radius 2 is 2.18 bits per heavy atom. The van der Waals surface area contributed by atoms with E-state index >= 15 is 0 Å². The number of rotatable bonds is 4. The lowest BCUT2D eigenvalue weighted by atomic mass is 9.83. The van der Waals surface area contributed by atoms with Crippen LogP contribution in [-0.4, -0.2) is 37.0 Å². The summed E-state index contributed by atoms with van der Waals surface area (Å²) in [6.45, 7) is 5.74. The van der Waals surface area contributed by atoms with Gasteiger partial charge in [-0.1, -0.05) is 37.6 Å². The van der Waals surface area contributed by atoms with Crippen LogP contribution in [0.4, 0.5) is 0 Å². The quantitative estimate of drug-likeness (QED) is 0.905. The second-order valence-corrected chi connectivity index (χ2v) is 7.01. The molecule has 0 radical (unpaired) electrons. The van der Waals surface area contributed by atoms with Crippen LogP contribution >= 0.6 is 24.0 Å². The number of hydrogen-bond donors (Lipinski definition) is 1. The van der Waals surface area contributed by atoms with E-state index in [1.54, 1.807) is 0 Å². The Labute approximate surface area is 144 Å². The highest BCUT2D eigenvalue weighted by atomic mass is 35.5. The number of likely N-dealkylation sites (N-methyl/N-ethyl adjacent to an activating group) is 1. The van der Waals surface area contributed by atoms with Crippen molar-refractivity contribution in [2.45, 2.75) is 39.2 Å². The van der Waals surface area contributed by atoms with Crippen LogP contribution in [0.1, 0.15) is 32.3 Å². The predicted molar refractivity (Wildman–Crippen MR) is 94.8 cm³/mol. The molecule has 2 rings (SSSR count). The summed E-state index contributed by atoms with van der Waals surface area (Å²) in [7, 11) is 1.97. The van der Waals surface area contributed by atoms with Crippen molar-refractivity contribution in [1.82, 2.24) is 10.2 Å². The smallest absolute Gasteiger partial charge is 0.228 e. The van der Waals surface area contributed by atoms with Crippen LogP contribution in [0, 0.1) is 5.41 Å². The van der Waals surface area contributed by atoms with Crippen LogP contribution in [0.2, 0.25) is 5.02 Å². The minimum Gasteiger partial charge on any atom is -0.341 e. The molecule has 1 aliphatic rings. The molecule has 0 spiro atoms. The second-order valence-electron chi connectivity index (χ2n) is 6.57. The maximum atomic E-state index is 12.8. The fraction of sp³-hybridized carbons (Fsp3) is 0.588. The lowest BCUT2D eigenvalue weighted by molar-refractivity contribution is -0.141. The lowest BCUT2D eigenvalue weighted by Gasteiger charge is -2.37. The minimum atomic E-state index is -0.402. The number of carbonyl (C=O) groups excluding carboxylic acids is 1. The molecule has 1 N–H and O–H groups in total. The molecule has 1 aliphatic heterocycles. The van der Waals surface area contributed by atoms with Crippen LogP contribution in [-0.2, 0) is 11.2 Å². The Morgan fingerprint density at radius 1 is 1.45 bits per heavy atom. The molecule has 1 saturated heterocycles. The number of amides is 1. The molecular weight excluding hydrogens is 319 g/mol. The summed E-state index contributed by atoms with van der Waals surface area (Å²) in [6, 6.07) is 8.21. The molecule has 1 heterocycles. The molecule has 0 saturated carbocycles. The van der Waals surface area contributed by atoms with Crippen molar-refractivity contribution in [3.05, 3.63) is 34.9 Å². The van der Waals surface area contributed by atoms with Gasteiger partial charge < -0.3 is 10.2 Å². The van der Waals surface area contributed by atoms with E-state index in [2.05, 4.69) is 5.32 Å². The van der Waals surface area contributed by atoms with Gasteiger partial charge in [-0.15, -0.1) is 12.4 Å². The first kappa shape index (κ1) is 19.3. The van der Waals surface area contributed by atoms with Crippen molar-refractivity contribution in [1.29, 1.82) is 0 Å². The summed E-state index contributed by atoms with van der Waals surface area (Å²) >= 11 is 6.04. The number of likely N-dealkylation sites (tertiary alicyclic amines) is 1. The van der Waals surface area contributed by atoms with E-state index in [0.717, 1.165) is 36.5 Å². The van der Waals surface area contributed by atoms with E-state index in [1.165, 1.54) is 0 Å². The largest absolute Gasteiger partial charge is 0.341 e. The predicted octanol–water partition coefficient (Wildman–Crippen LogP) is 3.54. The monoisotopic (exact) mass is 344 g/mol. The highest BCUT2D eigenvalue weighted by Crippen LogP contribution is 2.27. The SMILES string of the molecule is CNC1CCCN(C(=O)C(C)(C)Cc2cccc(Cl)c2)C1.Cl. The molecule has 3 nitrogen and oxygen atoms in total. The summed E-state index contributed by atoms with van der Waals surface area (Å²) in [5, 5.41) is 4.01. The summed E-state index contributed by atoms with van der Waals surface area (Å²) in [6.07, 6.45) is 2.94. The van der Waals surface area contributed by atoms with Gasteiger partial charge in [-0.3, -0.25) is 4.79 Å². The summed E-state index contributed by atoms with van der Waals surface area (Å²) in [5.74, 6) is 0.238. The van der Waals surface area contributed by atoms with Crippen molar-refractivity contribution >= 4 is 29.9 Å². The van der Waals surface area contributed by atoms with E-state index in [9.17, 15) is 4.79 Å². The first-order valence-electron chi connectivity index (χ1n) is 7.63. The second kappa shape index (κ2) is 8.19. The van der Waals surface area contributed by atoms with E-state index in [-0.39, 0.29) is 18.3 Å². The molecule has 1 unspecified atom stereocenters. The van der Waals surface area contributed by atoms with Crippen LogP contribution < -0.4 is 5.32 Å². The van der Waals surface area contributed by atoms with Crippen LogP contribution in [0.3, 0.4) is 0 Å². The summed E-state index contributed by atoms with van der Waals surface area (Å²) < 4.78 is 0. The zero-order valence-electron chi connectivity index (χ0n) is 13.6. The van der Waals surface area contributed by atoms with Gasteiger partial charge in [-0.05, 0) is 44.0 Å². The van der Waals surface area contributed by atoms with Crippen molar-refractivity contribution in [2.24, 2.45) is 5.41 Å². The number of carbonyl (C=O) groups is 1. The minimum absolute atomic E-state index is 0. The van der Waals surface area contributed by atoms with Crippen LogP contribution in [0.25, 0.3) is 0 Å². The highest BCUT2D eigenvalue weighted by Gasteiger charge is 2.34. The lowest BCUT2D eigenvalue weighted by Crippen LogP contribution is -2.51. The average Bonchev–Trinajstić information content (AvgIpc) is 2.46. The number of piperidine rings is 1. The van der Waals surface area contributed by atoms with Crippen LogP contribution in [0.15, 0.2) is 24.3 Å². The molecule has 0 aromatic heterocycles. The molecule has 0 bridgehead atoms. The fourth-order valence-corrected chi connectivity index (χ4v) is 3.27. The topological polar surface area (TPSA) is 32.3 Å². The standard InChI is InChI=1S/C17H25ClN2O.ClH/c1-17(2,11-13-6-4-7-14(18)10-13)16(21)20-9-5-8-15(12-20)19-3;/h4,6-7,10,15,19H,5,8-9,11-12H2,1-3H3;1H. The third-order valence-corrected chi connectivity index (χ3v) is 4.47. The number of benzene rings is 1. The first-order valence-corrected chi connectivity index (χ1v) is 8.01. The van der Waals surface area contributed by atoms with Gasteiger partial charge in [0.25, 0.3) is 0 Å². The molecule has 22 heavy (non-hydrogen) atoms. The zero-order chi connectivity index (χ0) is 15.5. The van der Waals surface area contributed by atoms with E-state index in [1.807, 2.05) is 50.1 Å². The fourth-order valence-electron chi connectivity index (χ4n) is 3.06. The van der Waals surface area contributed by atoms with Gasteiger partial charge in [-0.2, -0.15) is 0 Å². The molecule has 1 atom stereocenters. The van der Waals surface area contributed by atoms with Gasteiger partial charge in [0.1, 0.15) is 0 Å². The number of halogens is 2. The maximum Gasteiger partial charge on any atom is 0.228 e. The number of hydrogen-bond acceptors (Lipinski definition) is 2. The van der Waals surface area contributed by atoms with Gasteiger partial charge in [0.05, 0.1) is 0 Å². The molecule has 0 aliphatic carbocycles. The molecule has 5 heteroatoms. The third-order valence-electron chi connectivity index (χ3n) is 4.23. The van der Waals surface area contributed by atoms with Gasteiger partial charge in [0.2, 0.25) is 5.91 Å². The Balaban J connectivity index is 0.00000242. The van der Waals surface area contributed by atoms with Crippen molar-refractivity contribution < 1.29 is 4.79 Å². The van der Waals surface area contributed by atoms with Gasteiger partial charge >= 0.3 is 0 Å². The number of nitrogens with zero attached hydrogens (tertiary/aromatic N) is 1. The highest BCUT2D eigenvalue weighted by molar-refractivity contribution is 6.30. The normalized spacial score (nSPS) is 18.7. The van der Waals surface area contributed by atoms with Gasteiger partial charge in [0.15, 0.2) is 0 Å². The average molecular weight is 345 g/mol. The third kappa shape index (κ3) is 4.87. The number of nitrogens with one attached hydrogen (secondary N) is 1.